The summed E-state index contributed by atoms with van der Waals surface area (Å²) in [6.07, 6.45) is 0.558. The number of nitrogens with one attached hydrogen (secondary N) is 1. The quantitative estimate of drug-likeness (QED) is 0.613. The van der Waals surface area contributed by atoms with E-state index >= 15 is 0 Å². The second kappa shape index (κ2) is 9.22. The van der Waals surface area contributed by atoms with E-state index in [0.717, 1.165) is 16.9 Å². The monoisotopic (exact) mass is 412 g/mol. The summed E-state index contributed by atoms with van der Waals surface area (Å²) in [6.45, 7) is 8.84. The Morgan fingerprint density at radius 1 is 1.10 bits per heavy atom. The molecule has 0 saturated heterocycles. The second-order valence-corrected chi connectivity index (χ2v) is 8.52. The highest BCUT2D eigenvalue weighted by atomic mass is 32.1. The third kappa shape index (κ3) is 4.85. The maximum absolute atomic E-state index is 13.0. The highest BCUT2D eigenvalue weighted by molar-refractivity contribution is 7.12. The molecule has 1 N–H and O–H groups in total. The zero-order valence-corrected chi connectivity index (χ0v) is 18.2. The number of imidazole rings is 1. The zero-order chi connectivity index (χ0) is 21.0. The molecule has 3 rings (SSSR count). The molecule has 0 saturated carbocycles. The van der Waals surface area contributed by atoms with Crippen LogP contribution < -0.4 is 5.32 Å². The van der Waals surface area contributed by atoms with Crippen molar-refractivity contribution in [2.75, 3.05) is 6.54 Å². The first kappa shape index (κ1) is 21.0. The van der Waals surface area contributed by atoms with Crippen molar-refractivity contribution in [3.63, 3.8) is 0 Å². The molecule has 0 atom stereocenters. The third-order valence-corrected chi connectivity index (χ3v) is 5.68. The molecular weight excluding hydrogens is 384 g/mol. The van der Waals surface area contributed by atoms with Crippen molar-refractivity contribution in [1.29, 1.82) is 0 Å². The van der Waals surface area contributed by atoms with E-state index in [2.05, 4.69) is 5.32 Å². The van der Waals surface area contributed by atoms with Crippen LogP contribution >= 0.6 is 11.3 Å². The van der Waals surface area contributed by atoms with Crippen molar-refractivity contribution in [3.8, 4) is 0 Å². The van der Waals surface area contributed by atoms with E-state index < -0.39 is 0 Å². The number of benzene rings is 1. The van der Waals surface area contributed by atoms with Gasteiger partial charge in [0.15, 0.2) is 0 Å². The number of hydrogen-bond donors (Lipinski definition) is 1. The van der Waals surface area contributed by atoms with Crippen LogP contribution in [0.1, 0.15) is 43.2 Å². The maximum Gasteiger partial charge on any atom is 0.261 e. The lowest BCUT2D eigenvalue weighted by Gasteiger charge is -2.31. The number of para-hydroxylation sites is 2. The van der Waals surface area contributed by atoms with Gasteiger partial charge in [0.05, 0.1) is 15.9 Å². The van der Waals surface area contributed by atoms with Gasteiger partial charge in [0.1, 0.15) is 12.4 Å². The molecule has 6 nitrogen and oxygen atoms in total. The van der Waals surface area contributed by atoms with E-state index in [1.54, 1.807) is 6.07 Å². The molecule has 29 heavy (non-hydrogen) atoms. The summed E-state index contributed by atoms with van der Waals surface area (Å²) in [4.78, 5) is 32.5. The first-order valence-corrected chi connectivity index (χ1v) is 10.8. The van der Waals surface area contributed by atoms with Crippen molar-refractivity contribution in [1.82, 2.24) is 19.8 Å². The van der Waals surface area contributed by atoms with Crippen LogP contribution in [0.25, 0.3) is 11.0 Å². The molecule has 2 aromatic heterocycles. The zero-order valence-electron chi connectivity index (χ0n) is 17.4. The lowest BCUT2D eigenvalue weighted by atomic mass is 10.2. The Balaban J connectivity index is 1.78. The van der Waals surface area contributed by atoms with Crippen LogP contribution in [0, 0.1) is 0 Å². The van der Waals surface area contributed by atoms with Gasteiger partial charge < -0.3 is 14.8 Å². The first-order chi connectivity index (χ1) is 13.9. The largest absolute Gasteiger partial charge is 0.351 e. The molecule has 0 aliphatic rings. The highest BCUT2D eigenvalue weighted by Gasteiger charge is 2.22. The Hall–Kier alpha value is -2.67. The second-order valence-electron chi connectivity index (χ2n) is 7.57. The molecular formula is C22H28N4O2S. The number of thiophene rings is 1. The van der Waals surface area contributed by atoms with Gasteiger partial charge in [-0.15, -0.1) is 11.3 Å². The van der Waals surface area contributed by atoms with Crippen LogP contribution in [-0.4, -0.2) is 44.9 Å². The lowest BCUT2D eigenvalue weighted by molar-refractivity contribution is -0.135. The normalized spacial score (nSPS) is 11.4. The van der Waals surface area contributed by atoms with Gasteiger partial charge in [-0.3, -0.25) is 9.59 Å². The van der Waals surface area contributed by atoms with Crippen molar-refractivity contribution >= 4 is 34.2 Å². The van der Waals surface area contributed by atoms with Crippen molar-refractivity contribution in [3.05, 3.63) is 52.5 Å². The van der Waals surface area contributed by atoms with Gasteiger partial charge in [0, 0.05) is 25.0 Å². The smallest absolute Gasteiger partial charge is 0.261 e. The van der Waals surface area contributed by atoms with E-state index in [-0.39, 0.29) is 30.4 Å². The van der Waals surface area contributed by atoms with E-state index in [4.69, 9.17) is 4.98 Å². The molecule has 0 bridgehead atoms. The minimum absolute atomic E-state index is 0.0713. The van der Waals surface area contributed by atoms with Gasteiger partial charge in [-0.1, -0.05) is 18.2 Å². The summed E-state index contributed by atoms with van der Waals surface area (Å²) >= 11 is 1.42. The molecule has 0 unspecified atom stereocenters. The standard InChI is InChI=1S/C22H28N4O2S/c1-15(2)26(16(3)4)21(27)14-25-18-9-6-5-8-17(18)24-20(25)11-12-23-22(28)19-10-7-13-29-19/h5-10,13,15-16H,11-12,14H2,1-4H3,(H,23,28). The van der Waals surface area contributed by atoms with Gasteiger partial charge in [-0.25, -0.2) is 4.98 Å². The summed E-state index contributed by atoms with van der Waals surface area (Å²) in [7, 11) is 0. The fourth-order valence-electron chi connectivity index (χ4n) is 3.66. The van der Waals surface area contributed by atoms with Gasteiger partial charge in [0.2, 0.25) is 5.91 Å². The summed E-state index contributed by atoms with van der Waals surface area (Å²) < 4.78 is 1.98. The minimum atomic E-state index is -0.0791. The van der Waals surface area contributed by atoms with E-state index in [1.807, 2.05) is 72.9 Å². The molecule has 0 aliphatic heterocycles. The fourth-order valence-corrected chi connectivity index (χ4v) is 4.30. The Kier molecular flexibility index (Phi) is 6.69. The van der Waals surface area contributed by atoms with Gasteiger partial charge in [-0.2, -0.15) is 0 Å². The van der Waals surface area contributed by atoms with E-state index in [0.29, 0.717) is 17.8 Å². The van der Waals surface area contributed by atoms with Crippen LogP contribution in [0.15, 0.2) is 41.8 Å². The van der Waals surface area contributed by atoms with Crippen LogP contribution in [0.4, 0.5) is 0 Å². The number of aromatic nitrogens is 2. The van der Waals surface area contributed by atoms with E-state index in [9.17, 15) is 9.59 Å². The Labute approximate surface area is 175 Å². The van der Waals surface area contributed by atoms with Gasteiger partial charge in [0.25, 0.3) is 5.91 Å². The average Bonchev–Trinajstić information content (AvgIpc) is 3.30. The lowest BCUT2D eigenvalue weighted by Crippen LogP contribution is -2.43. The first-order valence-electron chi connectivity index (χ1n) is 9.95. The number of rotatable bonds is 8. The number of nitrogens with zero attached hydrogens (tertiary/aromatic N) is 3. The Morgan fingerprint density at radius 3 is 2.48 bits per heavy atom. The number of amides is 2. The Bertz CT molecular complexity index is 968. The van der Waals surface area contributed by atoms with Crippen molar-refractivity contribution in [2.45, 2.75) is 52.7 Å². The molecule has 0 radical (unpaired) electrons. The Morgan fingerprint density at radius 2 is 1.83 bits per heavy atom. The third-order valence-electron chi connectivity index (χ3n) is 4.81. The summed E-state index contributed by atoms with van der Waals surface area (Å²) in [5.74, 6) is 0.796. The van der Waals surface area contributed by atoms with Crippen LogP contribution in [0.5, 0.6) is 0 Å². The molecule has 1 aromatic carbocycles. The molecule has 2 heterocycles. The molecule has 154 valence electrons. The SMILES string of the molecule is CC(C)N(C(=O)Cn1c(CCNC(=O)c2cccs2)nc2ccccc21)C(C)C. The van der Waals surface area contributed by atoms with Crippen molar-refractivity contribution in [2.24, 2.45) is 0 Å². The summed E-state index contributed by atoms with van der Waals surface area (Å²) in [5, 5.41) is 4.82. The molecule has 0 fully saturated rings. The fraction of sp³-hybridized carbons (Fsp3) is 0.409. The topological polar surface area (TPSA) is 67.2 Å². The number of carbonyl (C=O) groups is 2. The molecule has 2 amide bonds. The molecule has 0 aliphatic carbocycles. The van der Waals surface area contributed by atoms with Crippen LogP contribution in [0.3, 0.4) is 0 Å². The average molecular weight is 413 g/mol. The minimum Gasteiger partial charge on any atom is -0.351 e. The van der Waals surface area contributed by atoms with Gasteiger partial charge >= 0.3 is 0 Å². The van der Waals surface area contributed by atoms with Crippen molar-refractivity contribution < 1.29 is 9.59 Å². The van der Waals surface area contributed by atoms with Crippen LogP contribution in [0.2, 0.25) is 0 Å². The summed E-state index contributed by atoms with van der Waals surface area (Å²) in [6, 6.07) is 11.8. The number of carbonyl (C=O) groups excluding carboxylic acids is 2. The summed E-state index contributed by atoms with van der Waals surface area (Å²) in [5.41, 5.74) is 1.80. The van der Waals surface area contributed by atoms with E-state index in [1.165, 1.54) is 11.3 Å². The predicted octanol–water partition coefficient (Wildman–Crippen LogP) is 3.72. The molecule has 0 spiro atoms. The van der Waals surface area contributed by atoms with Crippen LogP contribution in [-0.2, 0) is 17.8 Å². The highest BCUT2D eigenvalue weighted by Crippen LogP contribution is 2.18. The van der Waals surface area contributed by atoms with Gasteiger partial charge in [-0.05, 0) is 51.3 Å². The molecule has 3 aromatic rings. The number of fused-ring (bicyclic) bond motifs is 1. The molecule has 7 heteroatoms. The number of hydrogen-bond acceptors (Lipinski definition) is 4. The predicted molar refractivity (Wildman–Crippen MR) is 117 cm³/mol. The maximum atomic E-state index is 13.0.